The average molecular weight is 431 g/mol. The van der Waals surface area contributed by atoms with Crippen LogP contribution in [0.15, 0.2) is 65.5 Å². The number of amides is 1. The number of ketones is 1. The average Bonchev–Trinajstić information content (AvgIpc) is 2.81. The Kier molecular flexibility index (Phi) is 6.44. The van der Waals surface area contributed by atoms with Gasteiger partial charge in [0.1, 0.15) is 6.54 Å². The van der Waals surface area contributed by atoms with Gasteiger partial charge in [-0.15, -0.1) is 0 Å². The first-order valence-electron chi connectivity index (χ1n) is 10.8. The smallest absolute Gasteiger partial charge is 0.267 e. The molecule has 0 spiro atoms. The maximum absolute atomic E-state index is 12.5. The van der Waals surface area contributed by atoms with Gasteiger partial charge < -0.3 is 10.2 Å². The van der Waals surface area contributed by atoms with Crippen molar-refractivity contribution in [3.05, 3.63) is 76.6 Å². The molecule has 1 aliphatic heterocycles. The molecule has 3 aromatic rings. The van der Waals surface area contributed by atoms with Crippen LogP contribution in [0, 0.1) is 0 Å². The third-order valence-electron chi connectivity index (χ3n) is 5.60. The van der Waals surface area contributed by atoms with Crippen molar-refractivity contribution in [3.63, 3.8) is 0 Å². The second-order valence-electron chi connectivity index (χ2n) is 7.99. The topological polar surface area (TPSA) is 84.3 Å². The Morgan fingerprint density at radius 3 is 2.44 bits per heavy atom. The van der Waals surface area contributed by atoms with Crippen molar-refractivity contribution < 1.29 is 9.59 Å². The molecule has 2 aromatic carbocycles. The molecule has 1 aliphatic rings. The largest absolute Gasteiger partial charge is 0.372 e. The molecule has 164 valence electrons. The van der Waals surface area contributed by atoms with Crippen LogP contribution in [0.5, 0.6) is 0 Å². The van der Waals surface area contributed by atoms with Crippen LogP contribution >= 0.6 is 0 Å². The fraction of sp³-hybridized carbons (Fsp3) is 0.280. The SMILES string of the molecule is CC(=O)c1cccc(NC(=O)Cn2nc(-c3ccc(N4CCCCC4)cc3)ccc2=O)c1. The number of nitrogens with one attached hydrogen (secondary N) is 1. The Morgan fingerprint density at radius 1 is 0.969 bits per heavy atom. The van der Waals surface area contributed by atoms with E-state index in [0.717, 1.165) is 23.3 Å². The van der Waals surface area contributed by atoms with Gasteiger partial charge in [0.2, 0.25) is 5.91 Å². The van der Waals surface area contributed by atoms with Gasteiger partial charge in [-0.25, -0.2) is 4.68 Å². The Labute approximate surface area is 186 Å². The van der Waals surface area contributed by atoms with E-state index in [-0.39, 0.29) is 17.9 Å². The number of hydrogen-bond acceptors (Lipinski definition) is 5. The molecule has 0 bridgehead atoms. The number of carbonyl (C=O) groups excluding carboxylic acids is 2. The monoisotopic (exact) mass is 430 g/mol. The van der Waals surface area contributed by atoms with Crippen LogP contribution in [0.4, 0.5) is 11.4 Å². The van der Waals surface area contributed by atoms with Gasteiger partial charge in [-0.3, -0.25) is 14.4 Å². The predicted molar refractivity (Wildman–Crippen MR) is 125 cm³/mol. The normalized spacial score (nSPS) is 13.6. The highest BCUT2D eigenvalue weighted by Crippen LogP contribution is 2.23. The van der Waals surface area contributed by atoms with E-state index in [9.17, 15) is 14.4 Å². The van der Waals surface area contributed by atoms with E-state index in [1.54, 1.807) is 30.3 Å². The predicted octanol–water partition coefficient (Wildman–Crippen LogP) is 3.74. The lowest BCUT2D eigenvalue weighted by atomic mass is 10.1. The van der Waals surface area contributed by atoms with Gasteiger partial charge in [0.25, 0.3) is 5.56 Å². The second-order valence-corrected chi connectivity index (χ2v) is 7.99. The molecule has 2 heterocycles. The Hall–Kier alpha value is -3.74. The summed E-state index contributed by atoms with van der Waals surface area (Å²) in [5.41, 5.74) is 3.35. The number of nitrogens with zero attached hydrogens (tertiary/aromatic N) is 3. The summed E-state index contributed by atoms with van der Waals surface area (Å²) in [5, 5.41) is 7.11. The summed E-state index contributed by atoms with van der Waals surface area (Å²) in [6.45, 7) is 3.40. The molecule has 1 aromatic heterocycles. The van der Waals surface area contributed by atoms with Gasteiger partial charge in [0.15, 0.2) is 5.78 Å². The molecule has 0 saturated carbocycles. The molecular weight excluding hydrogens is 404 g/mol. The van der Waals surface area contributed by atoms with Crippen molar-refractivity contribution >= 4 is 23.1 Å². The molecule has 0 radical (unpaired) electrons. The molecule has 0 unspecified atom stereocenters. The minimum Gasteiger partial charge on any atom is -0.372 e. The van der Waals surface area contributed by atoms with Crippen LogP contribution < -0.4 is 15.8 Å². The van der Waals surface area contributed by atoms with Crippen molar-refractivity contribution in [2.45, 2.75) is 32.7 Å². The van der Waals surface area contributed by atoms with Crippen molar-refractivity contribution in [2.24, 2.45) is 0 Å². The molecule has 4 rings (SSSR count). The molecule has 7 nitrogen and oxygen atoms in total. The van der Waals surface area contributed by atoms with E-state index < -0.39 is 5.91 Å². The standard InChI is InChI=1S/C25H26N4O3/c1-18(30)20-6-5-7-21(16-20)26-24(31)17-29-25(32)13-12-23(27-29)19-8-10-22(11-9-19)28-14-3-2-4-15-28/h5-13,16H,2-4,14-15,17H2,1H3,(H,26,31). The molecular formula is C25H26N4O3. The number of benzene rings is 2. The second kappa shape index (κ2) is 9.60. The Balaban J connectivity index is 1.47. The number of hydrogen-bond donors (Lipinski definition) is 1. The quantitative estimate of drug-likeness (QED) is 0.602. The number of aromatic nitrogens is 2. The lowest BCUT2D eigenvalue weighted by Gasteiger charge is -2.28. The van der Waals surface area contributed by atoms with E-state index in [4.69, 9.17) is 0 Å². The number of rotatable bonds is 6. The number of piperidine rings is 1. The third kappa shape index (κ3) is 5.11. The lowest BCUT2D eigenvalue weighted by molar-refractivity contribution is -0.117. The van der Waals surface area contributed by atoms with Crippen LogP contribution in [0.3, 0.4) is 0 Å². The van der Waals surface area contributed by atoms with E-state index >= 15 is 0 Å². The summed E-state index contributed by atoms with van der Waals surface area (Å²) < 4.78 is 1.15. The first kappa shape index (κ1) is 21.5. The molecule has 7 heteroatoms. The molecule has 1 N–H and O–H groups in total. The fourth-order valence-electron chi connectivity index (χ4n) is 3.86. The van der Waals surface area contributed by atoms with Crippen LogP contribution in [0.1, 0.15) is 36.5 Å². The first-order chi connectivity index (χ1) is 15.5. The molecule has 0 aliphatic carbocycles. The Bertz CT molecular complexity index is 1180. The van der Waals surface area contributed by atoms with E-state index in [1.165, 1.54) is 37.9 Å². The van der Waals surface area contributed by atoms with Gasteiger partial charge in [-0.05, 0) is 56.5 Å². The fourth-order valence-corrected chi connectivity index (χ4v) is 3.86. The number of anilines is 2. The van der Waals surface area contributed by atoms with Gasteiger partial charge in [0, 0.05) is 41.7 Å². The molecule has 1 amide bonds. The van der Waals surface area contributed by atoms with Crippen molar-refractivity contribution in [1.29, 1.82) is 0 Å². The van der Waals surface area contributed by atoms with E-state index in [2.05, 4.69) is 27.4 Å². The first-order valence-corrected chi connectivity index (χ1v) is 10.8. The summed E-state index contributed by atoms with van der Waals surface area (Å²) in [7, 11) is 0. The van der Waals surface area contributed by atoms with Gasteiger partial charge in [0.05, 0.1) is 5.69 Å². The third-order valence-corrected chi connectivity index (χ3v) is 5.60. The Morgan fingerprint density at radius 2 is 1.72 bits per heavy atom. The van der Waals surface area contributed by atoms with Gasteiger partial charge in [-0.2, -0.15) is 5.10 Å². The summed E-state index contributed by atoms with van der Waals surface area (Å²) in [4.78, 5) is 38.7. The molecule has 1 fully saturated rings. The molecule has 32 heavy (non-hydrogen) atoms. The maximum atomic E-state index is 12.5. The zero-order valence-electron chi connectivity index (χ0n) is 18.1. The maximum Gasteiger partial charge on any atom is 0.267 e. The van der Waals surface area contributed by atoms with Crippen molar-refractivity contribution in [3.8, 4) is 11.3 Å². The summed E-state index contributed by atoms with van der Waals surface area (Å²) in [5.74, 6) is -0.476. The van der Waals surface area contributed by atoms with Crippen LogP contribution in [-0.4, -0.2) is 34.6 Å². The van der Waals surface area contributed by atoms with Crippen LogP contribution in [0.2, 0.25) is 0 Å². The summed E-state index contributed by atoms with van der Waals surface area (Å²) in [6, 6.07) is 17.9. The number of carbonyl (C=O) groups is 2. The molecule has 1 saturated heterocycles. The zero-order chi connectivity index (χ0) is 22.5. The van der Waals surface area contributed by atoms with E-state index in [1.807, 2.05) is 12.1 Å². The van der Waals surface area contributed by atoms with Crippen LogP contribution in [-0.2, 0) is 11.3 Å². The highest BCUT2D eigenvalue weighted by atomic mass is 16.2. The minimum absolute atomic E-state index is 0.0852. The van der Waals surface area contributed by atoms with Crippen molar-refractivity contribution in [2.75, 3.05) is 23.3 Å². The highest BCUT2D eigenvalue weighted by molar-refractivity contribution is 5.97. The van der Waals surface area contributed by atoms with Gasteiger partial charge >= 0.3 is 0 Å². The van der Waals surface area contributed by atoms with E-state index in [0.29, 0.717) is 16.9 Å². The van der Waals surface area contributed by atoms with Gasteiger partial charge in [-0.1, -0.05) is 24.3 Å². The summed E-state index contributed by atoms with van der Waals surface area (Å²) in [6.07, 6.45) is 3.72. The summed E-state index contributed by atoms with van der Waals surface area (Å²) >= 11 is 0. The number of Topliss-reactive ketones (excluding diaryl/α,β-unsaturated/α-hetero) is 1. The highest BCUT2D eigenvalue weighted by Gasteiger charge is 2.12. The minimum atomic E-state index is -0.391. The zero-order valence-corrected chi connectivity index (χ0v) is 18.1. The molecule has 0 atom stereocenters. The lowest BCUT2D eigenvalue weighted by Crippen LogP contribution is -2.29. The van der Waals surface area contributed by atoms with Crippen molar-refractivity contribution in [1.82, 2.24) is 9.78 Å². The van der Waals surface area contributed by atoms with Crippen LogP contribution in [0.25, 0.3) is 11.3 Å².